The van der Waals surface area contributed by atoms with E-state index in [-0.39, 0.29) is 36.2 Å². The molecule has 2 N–H and O–H groups in total. The standard InChI is InChI=1S/C32H38FNO5/c1-20-9-10-23(15-31(20)33)14-25-16-27(38-4)18-34(25)17-26(35)19-39-22(3)29-7-5-6-8-30(29)24-11-12-28(32(36)37)21(2)13-24/h5-13,15,22,25-27,35H,14,16-19H2,1-4H3,(H,36,37)/t22-,25-,26-,27?/m1/s1. The molecule has 0 amide bonds. The zero-order chi connectivity index (χ0) is 28.1. The lowest BCUT2D eigenvalue weighted by atomic mass is 9.94. The number of halogens is 1. The molecule has 1 saturated heterocycles. The highest BCUT2D eigenvalue weighted by Crippen LogP contribution is 2.31. The molecule has 1 aliphatic rings. The number of carboxylic acid groups (broad SMARTS) is 1. The molecule has 1 aliphatic heterocycles. The first-order valence-electron chi connectivity index (χ1n) is 13.4. The molecule has 0 aliphatic carbocycles. The number of aliphatic hydroxyl groups is 1. The second-order valence-electron chi connectivity index (χ2n) is 10.5. The molecule has 3 aromatic rings. The van der Waals surface area contributed by atoms with E-state index in [4.69, 9.17) is 9.47 Å². The second-order valence-corrected chi connectivity index (χ2v) is 10.5. The van der Waals surface area contributed by atoms with Crippen LogP contribution in [-0.2, 0) is 15.9 Å². The maximum Gasteiger partial charge on any atom is 0.335 e. The summed E-state index contributed by atoms with van der Waals surface area (Å²) in [7, 11) is 1.70. The first-order chi connectivity index (χ1) is 18.7. The van der Waals surface area contributed by atoms with Gasteiger partial charge in [0.25, 0.3) is 0 Å². The summed E-state index contributed by atoms with van der Waals surface area (Å²) in [5.41, 5.74) is 5.40. The van der Waals surface area contributed by atoms with Crippen LogP contribution in [0.15, 0.2) is 60.7 Å². The maximum absolute atomic E-state index is 14.1. The SMILES string of the molecule is COC1C[C@@H](Cc2ccc(C)c(F)c2)N(C[C@@H](O)CO[C@H](C)c2ccccc2-c2ccc(C(=O)O)c(C)c2)C1. The van der Waals surface area contributed by atoms with Crippen LogP contribution < -0.4 is 0 Å². The molecule has 7 heteroatoms. The van der Waals surface area contributed by atoms with E-state index in [2.05, 4.69) is 4.90 Å². The number of carboxylic acids is 1. The number of nitrogens with zero attached hydrogens (tertiary/aromatic N) is 1. The molecule has 3 aromatic carbocycles. The lowest BCUT2D eigenvalue weighted by Crippen LogP contribution is -2.39. The van der Waals surface area contributed by atoms with Crippen molar-refractivity contribution < 1.29 is 28.9 Å². The summed E-state index contributed by atoms with van der Waals surface area (Å²) in [5.74, 6) is -1.14. The van der Waals surface area contributed by atoms with Crippen molar-refractivity contribution in [2.75, 3.05) is 26.8 Å². The van der Waals surface area contributed by atoms with Gasteiger partial charge in [-0.15, -0.1) is 0 Å². The van der Waals surface area contributed by atoms with Crippen LogP contribution in [0, 0.1) is 19.7 Å². The van der Waals surface area contributed by atoms with Gasteiger partial charge in [0, 0.05) is 26.2 Å². The predicted octanol–water partition coefficient (Wildman–Crippen LogP) is 5.58. The summed E-state index contributed by atoms with van der Waals surface area (Å²) in [6.07, 6.45) is 0.592. The third kappa shape index (κ3) is 7.11. The zero-order valence-electron chi connectivity index (χ0n) is 23.1. The summed E-state index contributed by atoms with van der Waals surface area (Å²) in [4.78, 5) is 13.6. The minimum atomic E-state index is -0.943. The van der Waals surface area contributed by atoms with Crippen LogP contribution in [-0.4, -0.2) is 66.1 Å². The highest BCUT2D eigenvalue weighted by molar-refractivity contribution is 5.90. The first-order valence-corrected chi connectivity index (χ1v) is 13.4. The Bertz CT molecular complexity index is 1300. The normalized spacial score (nSPS) is 19.2. The van der Waals surface area contributed by atoms with Gasteiger partial charge in [0.1, 0.15) is 5.82 Å². The molecule has 39 heavy (non-hydrogen) atoms. The van der Waals surface area contributed by atoms with E-state index in [0.717, 1.165) is 28.7 Å². The van der Waals surface area contributed by atoms with Gasteiger partial charge in [0.15, 0.2) is 0 Å². The summed E-state index contributed by atoms with van der Waals surface area (Å²) < 4.78 is 25.9. The van der Waals surface area contributed by atoms with Crippen molar-refractivity contribution >= 4 is 5.97 Å². The fourth-order valence-corrected chi connectivity index (χ4v) is 5.43. The lowest BCUT2D eigenvalue weighted by molar-refractivity contribution is -0.0181. The van der Waals surface area contributed by atoms with Crippen molar-refractivity contribution in [3.8, 4) is 11.1 Å². The minimum Gasteiger partial charge on any atom is -0.478 e. The number of aryl methyl sites for hydroxylation is 2. The number of rotatable bonds is 11. The number of ether oxygens (including phenoxy) is 2. The highest BCUT2D eigenvalue weighted by Gasteiger charge is 2.33. The molecule has 4 rings (SSSR count). The fraction of sp³-hybridized carbons (Fsp3) is 0.406. The minimum absolute atomic E-state index is 0.0696. The van der Waals surface area contributed by atoms with Crippen molar-refractivity contribution in [3.63, 3.8) is 0 Å². The van der Waals surface area contributed by atoms with Gasteiger partial charge < -0.3 is 19.7 Å². The first kappa shape index (κ1) is 28.9. The number of aromatic carboxylic acids is 1. The van der Waals surface area contributed by atoms with E-state index in [1.54, 1.807) is 33.1 Å². The Balaban J connectivity index is 1.40. The van der Waals surface area contributed by atoms with Gasteiger partial charge in [0.2, 0.25) is 0 Å². The molecule has 208 valence electrons. The summed E-state index contributed by atoms with van der Waals surface area (Å²) in [6.45, 7) is 6.80. The van der Waals surface area contributed by atoms with E-state index < -0.39 is 12.1 Å². The third-order valence-electron chi connectivity index (χ3n) is 7.68. The van der Waals surface area contributed by atoms with E-state index >= 15 is 0 Å². The summed E-state index contributed by atoms with van der Waals surface area (Å²) in [6, 6.07) is 18.7. The third-order valence-corrected chi connectivity index (χ3v) is 7.68. The largest absolute Gasteiger partial charge is 0.478 e. The van der Waals surface area contributed by atoms with Crippen LogP contribution >= 0.6 is 0 Å². The molecule has 4 atom stereocenters. The van der Waals surface area contributed by atoms with Gasteiger partial charge in [-0.05, 0) is 79.1 Å². The van der Waals surface area contributed by atoms with Crippen LogP contribution in [0.3, 0.4) is 0 Å². The van der Waals surface area contributed by atoms with Gasteiger partial charge in [-0.1, -0.05) is 48.5 Å². The van der Waals surface area contributed by atoms with Crippen LogP contribution in [0.2, 0.25) is 0 Å². The highest BCUT2D eigenvalue weighted by atomic mass is 19.1. The van der Waals surface area contributed by atoms with Crippen molar-refractivity contribution in [2.45, 2.75) is 58.0 Å². The van der Waals surface area contributed by atoms with Crippen LogP contribution in [0.5, 0.6) is 0 Å². The summed E-state index contributed by atoms with van der Waals surface area (Å²) in [5, 5.41) is 20.3. The Morgan fingerprint density at radius 2 is 1.87 bits per heavy atom. The Morgan fingerprint density at radius 3 is 2.56 bits per heavy atom. The van der Waals surface area contributed by atoms with Crippen LogP contribution in [0.4, 0.5) is 4.39 Å². The predicted molar refractivity (Wildman–Crippen MR) is 150 cm³/mol. The maximum atomic E-state index is 14.1. The molecule has 6 nitrogen and oxygen atoms in total. The molecule has 1 heterocycles. The van der Waals surface area contributed by atoms with Crippen molar-refractivity contribution in [2.24, 2.45) is 0 Å². The van der Waals surface area contributed by atoms with Gasteiger partial charge in [-0.2, -0.15) is 0 Å². The zero-order valence-corrected chi connectivity index (χ0v) is 23.1. The second kappa shape index (κ2) is 12.8. The quantitative estimate of drug-likeness (QED) is 0.334. The lowest BCUT2D eigenvalue weighted by Gasteiger charge is -2.27. The molecule has 0 aromatic heterocycles. The average molecular weight is 536 g/mol. The molecule has 1 unspecified atom stereocenters. The molecule has 1 fully saturated rings. The van der Waals surface area contributed by atoms with Crippen molar-refractivity contribution in [3.05, 3.63) is 94.3 Å². The van der Waals surface area contributed by atoms with Gasteiger partial charge >= 0.3 is 5.97 Å². The smallest absolute Gasteiger partial charge is 0.335 e. The number of hydrogen-bond acceptors (Lipinski definition) is 5. The number of benzene rings is 3. The number of likely N-dealkylation sites (tertiary alicyclic amines) is 1. The molecular formula is C32H38FNO5. The number of aliphatic hydroxyl groups excluding tert-OH is 1. The van der Waals surface area contributed by atoms with Crippen molar-refractivity contribution in [1.29, 1.82) is 0 Å². The Kier molecular flexibility index (Phi) is 9.51. The van der Waals surface area contributed by atoms with Crippen molar-refractivity contribution in [1.82, 2.24) is 4.90 Å². The van der Waals surface area contributed by atoms with Crippen LogP contribution in [0.1, 0.15) is 52.1 Å². The van der Waals surface area contributed by atoms with Gasteiger partial charge in [-0.3, -0.25) is 4.90 Å². The summed E-state index contributed by atoms with van der Waals surface area (Å²) >= 11 is 0. The molecule has 0 radical (unpaired) electrons. The van der Waals surface area contributed by atoms with Gasteiger partial charge in [0.05, 0.1) is 30.5 Å². The Morgan fingerprint density at radius 1 is 1.10 bits per heavy atom. The number of carbonyl (C=O) groups is 1. The van der Waals surface area contributed by atoms with E-state index in [0.29, 0.717) is 30.6 Å². The number of β-amino-alcohol motifs (C(OH)–C–C–N with tert-alkyl or cyclic N) is 1. The monoisotopic (exact) mass is 535 g/mol. The van der Waals surface area contributed by atoms with E-state index in [1.807, 2.05) is 55.5 Å². The average Bonchev–Trinajstić information content (AvgIpc) is 3.30. The topological polar surface area (TPSA) is 79.2 Å². The number of methoxy groups -OCH3 is 1. The van der Waals surface area contributed by atoms with E-state index in [9.17, 15) is 19.4 Å². The van der Waals surface area contributed by atoms with Crippen LogP contribution in [0.25, 0.3) is 11.1 Å². The number of hydrogen-bond donors (Lipinski definition) is 2. The van der Waals surface area contributed by atoms with Gasteiger partial charge in [-0.25, -0.2) is 9.18 Å². The molecule has 0 spiro atoms. The molecular weight excluding hydrogens is 497 g/mol. The van der Waals surface area contributed by atoms with E-state index in [1.165, 1.54) is 0 Å². The Labute approximate surface area is 230 Å². The fourth-order valence-electron chi connectivity index (χ4n) is 5.43. The Hall–Kier alpha value is -3.10. The molecule has 0 bridgehead atoms. The molecule has 0 saturated carbocycles.